The number of nitrogens with one attached hydrogen (secondary N) is 1. The molecule has 2 nitrogen and oxygen atoms in total. The molecular formula is C19H30N2. The molecule has 1 heterocycles. The van der Waals surface area contributed by atoms with Gasteiger partial charge in [-0.05, 0) is 68.7 Å². The molecule has 2 fully saturated rings. The fourth-order valence-electron chi connectivity index (χ4n) is 4.27. The van der Waals surface area contributed by atoms with Crippen LogP contribution in [0.4, 0.5) is 5.69 Å². The van der Waals surface area contributed by atoms with E-state index < -0.39 is 0 Å². The van der Waals surface area contributed by atoms with Crippen molar-refractivity contribution in [3.63, 3.8) is 0 Å². The number of para-hydroxylation sites is 1. The first kappa shape index (κ1) is 14.9. The van der Waals surface area contributed by atoms with Crippen molar-refractivity contribution in [1.82, 2.24) is 4.90 Å². The monoisotopic (exact) mass is 286 g/mol. The minimum absolute atomic E-state index is 0.656. The number of nitrogens with zero attached hydrogens (tertiary/aromatic N) is 1. The lowest BCUT2D eigenvalue weighted by molar-refractivity contribution is 0.280. The van der Waals surface area contributed by atoms with Gasteiger partial charge in [-0.25, -0.2) is 0 Å². The van der Waals surface area contributed by atoms with Crippen LogP contribution in [0, 0.1) is 11.8 Å². The maximum Gasteiger partial charge on any atom is 0.0388 e. The van der Waals surface area contributed by atoms with Crippen molar-refractivity contribution >= 4 is 5.69 Å². The van der Waals surface area contributed by atoms with E-state index in [9.17, 15) is 0 Å². The van der Waals surface area contributed by atoms with E-state index in [0.29, 0.717) is 6.04 Å². The van der Waals surface area contributed by atoms with Gasteiger partial charge in [0, 0.05) is 18.3 Å². The number of hydrogen-bond donors (Lipinski definition) is 1. The molecule has 0 radical (unpaired) electrons. The Bertz CT molecular complexity index is 441. The molecule has 0 spiro atoms. The third kappa shape index (κ3) is 4.00. The van der Waals surface area contributed by atoms with Crippen molar-refractivity contribution in [2.45, 2.75) is 58.5 Å². The van der Waals surface area contributed by atoms with Crippen molar-refractivity contribution in [1.29, 1.82) is 0 Å². The van der Waals surface area contributed by atoms with Crippen LogP contribution in [0.5, 0.6) is 0 Å². The van der Waals surface area contributed by atoms with Crippen LogP contribution in [-0.4, -0.2) is 24.0 Å². The fraction of sp³-hybridized carbons (Fsp3) is 0.684. The normalized spacial score (nSPS) is 30.5. The summed E-state index contributed by atoms with van der Waals surface area (Å²) in [6.07, 6.45) is 6.78. The molecule has 1 saturated carbocycles. The van der Waals surface area contributed by atoms with E-state index in [2.05, 4.69) is 48.3 Å². The molecule has 1 aromatic rings. The Balaban J connectivity index is 1.66. The lowest BCUT2D eigenvalue weighted by atomic mass is 9.80. The maximum atomic E-state index is 3.86. The average Bonchev–Trinajstić information content (AvgIpc) is 2.93. The predicted molar refractivity (Wildman–Crippen MR) is 90.5 cm³/mol. The summed E-state index contributed by atoms with van der Waals surface area (Å²) in [5.74, 6) is 1.72. The first-order valence-corrected chi connectivity index (χ1v) is 8.77. The summed E-state index contributed by atoms with van der Waals surface area (Å²) in [7, 11) is 0. The highest BCUT2D eigenvalue weighted by Crippen LogP contribution is 2.31. The second kappa shape index (κ2) is 6.83. The third-order valence-corrected chi connectivity index (χ3v) is 5.15. The summed E-state index contributed by atoms with van der Waals surface area (Å²) < 4.78 is 0. The van der Waals surface area contributed by atoms with Gasteiger partial charge in [-0.2, -0.15) is 0 Å². The Morgan fingerprint density at radius 3 is 2.38 bits per heavy atom. The molecule has 2 heteroatoms. The summed E-state index contributed by atoms with van der Waals surface area (Å²) in [5, 5.41) is 3.86. The van der Waals surface area contributed by atoms with Gasteiger partial charge in [0.15, 0.2) is 0 Å². The molecule has 0 bridgehead atoms. The molecule has 1 aromatic carbocycles. The summed E-state index contributed by atoms with van der Waals surface area (Å²) >= 11 is 0. The number of hydrogen-bond acceptors (Lipinski definition) is 2. The molecule has 1 N–H and O–H groups in total. The molecule has 0 amide bonds. The summed E-state index contributed by atoms with van der Waals surface area (Å²) in [4.78, 5) is 2.59. The van der Waals surface area contributed by atoms with Crippen LogP contribution in [0.1, 0.15) is 51.5 Å². The van der Waals surface area contributed by atoms with E-state index in [1.807, 2.05) is 0 Å². The number of rotatable bonds is 4. The molecule has 3 rings (SSSR count). The van der Waals surface area contributed by atoms with Crippen LogP contribution in [-0.2, 0) is 6.54 Å². The molecule has 116 valence electrons. The van der Waals surface area contributed by atoms with Gasteiger partial charge < -0.3 is 5.32 Å². The molecule has 1 aliphatic carbocycles. The molecule has 0 aromatic heterocycles. The fourth-order valence-corrected chi connectivity index (χ4v) is 4.27. The van der Waals surface area contributed by atoms with E-state index in [4.69, 9.17) is 0 Å². The summed E-state index contributed by atoms with van der Waals surface area (Å²) in [6, 6.07) is 9.59. The van der Waals surface area contributed by atoms with E-state index in [-0.39, 0.29) is 0 Å². The first-order chi connectivity index (χ1) is 10.2. The quantitative estimate of drug-likeness (QED) is 0.875. The lowest BCUT2D eigenvalue weighted by Crippen LogP contribution is -2.31. The average molecular weight is 286 g/mol. The zero-order valence-electron chi connectivity index (χ0n) is 13.6. The van der Waals surface area contributed by atoms with Gasteiger partial charge in [0.2, 0.25) is 0 Å². The highest BCUT2D eigenvalue weighted by molar-refractivity contribution is 5.51. The smallest absolute Gasteiger partial charge is 0.0388 e. The van der Waals surface area contributed by atoms with Crippen molar-refractivity contribution in [3.05, 3.63) is 29.8 Å². The second-order valence-electron chi connectivity index (χ2n) is 7.40. The van der Waals surface area contributed by atoms with Gasteiger partial charge in [-0.15, -0.1) is 0 Å². The maximum absolute atomic E-state index is 3.86. The molecule has 21 heavy (non-hydrogen) atoms. The van der Waals surface area contributed by atoms with Crippen LogP contribution in [0.15, 0.2) is 24.3 Å². The minimum atomic E-state index is 0.656. The lowest BCUT2D eigenvalue weighted by Gasteiger charge is -2.33. The number of likely N-dealkylation sites (tertiary alicyclic amines) is 1. The van der Waals surface area contributed by atoms with Crippen molar-refractivity contribution in [3.8, 4) is 0 Å². The van der Waals surface area contributed by atoms with Gasteiger partial charge in [0.25, 0.3) is 0 Å². The molecule has 1 aliphatic heterocycles. The Labute approximate surface area is 129 Å². The zero-order valence-corrected chi connectivity index (χ0v) is 13.6. The number of benzene rings is 1. The van der Waals surface area contributed by atoms with Crippen LogP contribution >= 0.6 is 0 Å². The Kier molecular flexibility index (Phi) is 4.84. The standard InChI is InChI=1S/C19H30N2/c1-15-11-16(2)13-18(12-15)20-19-8-4-3-7-17(19)14-21-9-5-6-10-21/h3-4,7-8,15-16,18,20H,5-6,9-14H2,1-2H3. The Morgan fingerprint density at radius 2 is 1.67 bits per heavy atom. The topological polar surface area (TPSA) is 15.3 Å². The first-order valence-electron chi connectivity index (χ1n) is 8.77. The van der Waals surface area contributed by atoms with Crippen molar-refractivity contribution in [2.24, 2.45) is 11.8 Å². The van der Waals surface area contributed by atoms with Crippen molar-refractivity contribution in [2.75, 3.05) is 18.4 Å². The molecule has 1 saturated heterocycles. The number of anilines is 1. The van der Waals surface area contributed by atoms with Crippen LogP contribution in [0.2, 0.25) is 0 Å². The second-order valence-corrected chi connectivity index (χ2v) is 7.40. The Hall–Kier alpha value is -1.02. The predicted octanol–water partition coefficient (Wildman–Crippen LogP) is 4.52. The van der Waals surface area contributed by atoms with E-state index >= 15 is 0 Å². The van der Waals surface area contributed by atoms with Crippen LogP contribution in [0.3, 0.4) is 0 Å². The molecule has 2 aliphatic rings. The highest BCUT2D eigenvalue weighted by atomic mass is 15.1. The van der Waals surface area contributed by atoms with Crippen molar-refractivity contribution < 1.29 is 0 Å². The minimum Gasteiger partial charge on any atom is -0.382 e. The van der Waals surface area contributed by atoms with Gasteiger partial charge in [-0.3, -0.25) is 4.90 Å². The molecular weight excluding hydrogens is 256 g/mol. The van der Waals surface area contributed by atoms with Gasteiger partial charge >= 0.3 is 0 Å². The summed E-state index contributed by atoms with van der Waals surface area (Å²) in [6.45, 7) is 8.46. The summed E-state index contributed by atoms with van der Waals surface area (Å²) in [5.41, 5.74) is 2.85. The van der Waals surface area contributed by atoms with E-state index in [1.165, 1.54) is 56.4 Å². The highest BCUT2D eigenvalue weighted by Gasteiger charge is 2.24. The SMILES string of the molecule is CC1CC(C)CC(Nc2ccccc2CN2CCCC2)C1. The van der Waals surface area contributed by atoms with Crippen LogP contribution < -0.4 is 5.32 Å². The van der Waals surface area contributed by atoms with Gasteiger partial charge in [-0.1, -0.05) is 32.0 Å². The molecule has 2 unspecified atom stereocenters. The molecule has 2 atom stereocenters. The Morgan fingerprint density at radius 1 is 1.00 bits per heavy atom. The van der Waals surface area contributed by atoms with Crippen LogP contribution in [0.25, 0.3) is 0 Å². The van der Waals surface area contributed by atoms with Gasteiger partial charge in [0.1, 0.15) is 0 Å². The van der Waals surface area contributed by atoms with Gasteiger partial charge in [0.05, 0.1) is 0 Å². The zero-order chi connectivity index (χ0) is 14.7. The van der Waals surface area contributed by atoms with E-state index in [1.54, 1.807) is 0 Å². The third-order valence-electron chi connectivity index (χ3n) is 5.15. The largest absolute Gasteiger partial charge is 0.382 e. The van der Waals surface area contributed by atoms with E-state index in [0.717, 1.165) is 18.4 Å².